The van der Waals surface area contributed by atoms with Gasteiger partial charge in [0.05, 0.1) is 17.4 Å². The average molecular weight is 432 g/mol. The highest BCUT2D eigenvalue weighted by molar-refractivity contribution is 6.03. The zero-order chi connectivity index (χ0) is 22.2. The molecular weight excluding hydrogens is 416 g/mol. The van der Waals surface area contributed by atoms with Gasteiger partial charge < -0.3 is 8.83 Å². The summed E-state index contributed by atoms with van der Waals surface area (Å²) in [4.78, 5) is 35.7. The summed E-state index contributed by atoms with van der Waals surface area (Å²) in [6.45, 7) is -0.408. The number of hydrazone groups is 1. The summed E-state index contributed by atoms with van der Waals surface area (Å²) in [6.07, 6.45) is 2.90. The van der Waals surface area contributed by atoms with Gasteiger partial charge in [-0.15, -0.1) is 0 Å². The molecule has 32 heavy (non-hydrogen) atoms. The maximum atomic E-state index is 13.1. The smallest absolute Gasteiger partial charge is 0.285 e. The van der Waals surface area contributed by atoms with Gasteiger partial charge in [-0.3, -0.25) is 24.3 Å². The van der Waals surface area contributed by atoms with Crippen LogP contribution in [0.1, 0.15) is 24.0 Å². The van der Waals surface area contributed by atoms with E-state index in [0.717, 1.165) is 28.3 Å². The molecule has 0 N–H and O–H groups in total. The van der Waals surface area contributed by atoms with Gasteiger partial charge in [-0.25, -0.2) is 5.01 Å². The lowest BCUT2D eigenvalue weighted by molar-refractivity contribution is -0.385. The summed E-state index contributed by atoms with van der Waals surface area (Å²) in [5, 5.41) is 17.7. The summed E-state index contributed by atoms with van der Waals surface area (Å²) in [5.41, 5.74) is 0.446. The highest BCUT2D eigenvalue weighted by atomic mass is 16.6. The molecule has 3 aromatic heterocycles. The van der Waals surface area contributed by atoms with Gasteiger partial charge in [0, 0.05) is 23.9 Å². The number of nitro groups is 1. The Kier molecular flexibility index (Phi) is 4.66. The number of furan rings is 2. The van der Waals surface area contributed by atoms with E-state index in [0.29, 0.717) is 29.2 Å². The minimum atomic E-state index is -0.625. The molecule has 0 aliphatic carbocycles. The zero-order valence-electron chi connectivity index (χ0n) is 16.6. The number of fused-ring (bicyclic) bond motifs is 1. The summed E-state index contributed by atoms with van der Waals surface area (Å²) in [7, 11) is 0. The fourth-order valence-electron chi connectivity index (χ4n) is 3.68. The Hall–Kier alpha value is -4.47. The number of pyridine rings is 1. The van der Waals surface area contributed by atoms with E-state index in [1.165, 1.54) is 11.3 Å². The van der Waals surface area contributed by atoms with Gasteiger partial charge in [-0.2, -0.15) is 5.10 Å². The number of nitrogens with zero attached hydrogens (tertiary/aromatic N) is 4. The van der Waals surface area contributed by atoms with E-state index in [2.05, 4.69) is 5.10 Å². The lowest BCUT2D eigenvalue weighted by Crippen LogP contribution is -2.33. The van der Waals surface area contributed by atoms with Crippen molar-refractivity contribution in [3.05, 3.63) is 99.0 Å². The molecule has 1 aliphatic rings. The monoisotopic (exact) mass is 432 g/mol. The molecule has 1 aliphatic heterocycles. The number of rotatable bonds is 5. The Morgan fingerprint density at radius 2 is 2.03 bits per heavy atom. The van der Waals surface area contributed by atoms with Crippen molar-refractivity contribution in [3.63, 3.8) is 0 Å². The molecule has 10 heteroatoms. The second-order valence-electron chi connectivity index (χ2n) is 7.28. The molecular formula is C22H16N4O6. The van der Waals surface area contributed by atoms with Crippen LogP contribution in [0.3, 0.4) is 0 Å². The average Bonchev–Trinajstić information content (AvgIpc) is 3.53. The molecule has 1 aromatic carbocycles. The van der Waals surface area contributed by atoms with Gasteiger partial charge in [0.1, 0.15) is 29.6 Å². The molecule has 1 atom stereocenters. The van der Waals surface area contributed by atoms with Crippen LogP contribution in [0.25, 0.3) is 11.0 Å². The Bertz CT molecular complexity index is 1380. The Morgan fingerprint density at radius 1 is 1.19 bits per heavy atom. The normalized spacial score (nSPS) is 15.8. The molecule has 0 fully saturated rings. The SMILES string of the molecule is O=C(Cn1cc([N+](=O)[O-])ccc1=O)N1N=C(c2cc3ccccc3o2)CC1c1ccco1. The van der Waals surface area contributed by atoms with E-state index in [1.54, 1.807) is 12.1 Å². The number of carbonyl (C=O) groups excluding carboxylic acids is 1. The van der Waals surface area contributed by atoms with Gasteiger partial charge in [-0.1, -0.05) is 18.2 Å². The first-order valence-corrected chi connectivity index (χ1v) is 9.76. The van der Waals surface area contributed by atoms with Crippen LogP contribution in [-0.2, 0) is 11.3 Å². The van der Waals surface area contributed by atoms with Gasteiger partial charge in [0.2, 0.25) is 0 Å². The van der Waals surface area contributed by atoms with E-state index >= 15 is 0 Å². The van der Waals surface area contributed by atoms with E-state index in [9.17, 15) is 19.7 Å². The Morgan fingerprint density at radius 3 is 2.78 bits per heavy atom. The Labute approximate surface area is 180 Å². The third kappa shape index (κ3) is 3.47. The fraction of sp³-hybridized carbons (Fsp3) is 0.136. The van der Waals surface area contributed by atoms with Crippen LogP contribution in [0.4, 0.5) is 5.69 Å². The van der Waals surface area contributed by atoms with Crippen LogP contribution in [0.2, 0.25) is 0 Å². The third-order valence-electron chi connectivity index (χ3n) is 5.23. The second-order valence-corrected chi connectivity index (χ2v) is 7.28. The van der Waals surface area contributed by atoms with E-state index in [1.807, 2.05) is 30.3 Å². The molecule has 0 radical (unpaired) electrons. The van der Waals surface area contributed by atoms with Crippen LogP contribution >= 0.6 is 0 Å². The molecule has 1 unspecified atom stereocenters. The first-order valence-electron chi connectivity index (χ1n) is 9.76. The van der Waals surface area contributed by atoms with Crippen molar-refractivity contribution >= 4 is 28.3 Å². The largest absolute Gasteiger partial charge is 0.467 e. The molecule has 1 amide bonds. The number of hydrogen-bond donors (Lipinski definition) is 0. The van der Waals surface area contributed by atoms with Gasteiger partial charge in [-0.05, 0) is 24.3 Å². The van der Waals surface area contributed by atoms with Crippen molar-refractivity contribution in [1.82, 2.24) is 9.58 Å². The quantitative estimate of drug-likeness (QED) is 0.351. The van der Waals surface area contributed by atoms with Gasteiger partial charge in [0.25, 0.3) is 17.2 Å². The molecule has 4 heterocycles. The van der Waals surface area contributed by atoms with Crippen LogP contribution in [0, 0.1) is 10.1 Å². The van der Waals surface area contributed by atoms with Gasteiger partial charge in [0.15, 0.2) is 5.76 Å². The predicted molar refractivity (Wildman–Crippen MR) is 113 cm³/mol. The molecule has 0 saturated heterocycles. The van der Waals surface area contributed by atoms with E-state index < -0.39 is 29.0 Å². The van der Waals surface area contributed by atoms with Crippen molar-refractivity contribution in [2.45, 2.75) is 19.0 Å². The molecule has 4 aromatic rings. The maximum absolute atomic E-state index is 13.1. The Balaban J connectivity index is 1.49. The lowest BCUT2D eigenvalue weighted by Gasteiger charge is -2.20. The van der Waals surface area contributed by atoms with Crippen LogP contribution in [-0.4, -0.2) is 26.1 Å². The van der Waals surface area contributed by atoms with Crippen LogP contribution in [0.15, 0.2) is 85.8 Å². The first kappa shape index (κ1) is 19.5. The van der Waals surface area contributed by atoms with Crippen LogP contribution in [0.5, 0.6) is 0 Å². The summed E-state index contributed by atoms with van der Waals surface area (Å²) < 4.78 is 12.4. The molecule has 5 rings (SSSR count). The summed E-state index contributed by atoms with van der Waals surface area (Å²) in [6, 6.07) is 14.5. The van der Waals surface area contributed by atoms with Crippen molar-refractivity contribution in [3.8, 4) is 0 Å². The number of hydrogen-bond acceptors (Lipinski definition) is 7. The topological polar surface area (TPSA) is 124 Å². The highest BCUT2D eigenvalue weighted by Gasteiger charge is 2.36. The molecule has 10 nitrogen and oxygen atoms in total. The molecule has 0 bridgehead atoms. The van der Waals surface area contributed by atoms with Gasteiger partial charge >= 0.3 is 0 Å². The summed E-state index contributed by atoms with van der Waals surface area (Å²) >= 11 is 0. The molecule has 0 spiro atoms. The standard InChI is InChI=1S/C22H16N4O6/c27-21-8-7-15(26(29)30)12-24(21)13-22(28)25-17(19-6-3-9-31-19)11-16(23-25)20-10-14-4-1-2-5-18(14)32-20/h1-10,12,17H,11,13H2. The first-order chi connectivity index (χ1) is 15.5. The minimum Gasteiger partial charge on any atom is -0.467 e. The summed E-state index contributed by atoms with van der Waals surface area (Å²) in [5.74, 6) is 0.547. The predicted octanol–water partition coefficient (Wildman–Crippen LogP) is 3.47. The number of para-hydroxylation sites is 1. The minimum absolute atomic E-state index is 0.284. The third-order valence-corrected chi connectivity index (χ3v) is 5.23. The number of aromatic nitrogens is 1. The second kappa shape index (κ2) is 7.65. The van der Waals surface area contributed by atoms with Crippen LogP contribution < -0.4 is 5.56 Å². The van der Waals surface area contributed by atoms with Crippen molar-refractivity contribution in [1.29, 1.82) is 0 Å². The fourth-order valence-corrected chi connectivity index (χ4v) is 3.68. The number of carbonyl (C=O) groups is 1. The van der Waals surface area contributed by atoms with Crippen molar-refractivity contribution in [2.75, 3.05) is 0 Å². The molecule has 160 valence electrons. The van der Waals surface area contributed by atoms with Crippen molar-refractivity contribution in [2.24, 2.45) is 5.10 Å². The van der Waals surface area contributed by atoms with Crippen molar-refractivity contribution < 1.29 is 18.6 Å². The lowest BCUT2D eigenvalue weighted by atomic mass is 10.1. The zero-order valence-corrected chi connectivity index (χ0v) is 16.6. The van der Waals surface area contributed by atoms with E-state index in [4.69, 9.17) is 8.83 Å². The van der Waals surface area contributed by atoms with E-state index in [-0.39, 0.29) is 5.69 Å². The molecule has 0 saturated carbocycles. The maximum Gasteiger partial charge on any atom is 0.285 e. The number of amides is 1. The number of benzene rings is 1. The highest BCUT2D eigenvalue weighted by Crippen LogP contribution is 2.34.